The SMILES string of the molecule is CC[C@H](C(=O)N[C@@H](C)CC)N(Cc1ccc(C)cc1)C(=O)CSCc1ccc(Br)cc1. The zero-order valence-corrected chi connectivity index (χ0v) is 21.3. The lowest BCUT2D eigenvalue weighted by Crippen LogP contribution is -2.51. The molecule has 6 heteroatoms. The molecule has 168 valence electrons. The van der Waals surface area contributed by atoms with Crippen molar-refractivity contribution >= 4 is 39.5 Å². The van der Waals surface area contributed by atoms with Crippen molar-refractivity contribution in [1.29, 1.82) is 0 Å². The number of benzene rings is 2. The Morgan fingerprint density at radius 3 is 2.19 bits per heavy atom. The third-order valence-corrected chi connectivity index (χ3v) is 6.79. The summed E-state index contributed by atoms with van der Waals surface area (Å²) < 4.78 is 1.04. The summed E-state index contributed by atoms with van der Waals surface area (Å²) in [6.07, 6.45) is 1.44. The maximum atomic E-state index is 13.2. The molecular formula is C25H33BrN2O2S. The lowest BCUT2D eigenvalue weighted by Gasteiger charge is -2.31. The van der Waals surface area contributed by atoms with Crippen molar-refractivity contribution in [2.45, 2.75) is 64.9 Å². The molecule has 0 unspecified atom stereocenters. The summed E-state index contributed by atoms with van der Waals surface area (Å²) in [5, 5.41) is 3.05. The zero-order valence-electron chi connectivity index (χ0n) is 18.9. The number of thioether (sulfide) groups is 1. The van der Waals surface area contributed by atoms with Crippen LogP contribution in [0.15, 0.2) is 53.0 Å². The van der Waals surface area contributed by atoms with Crippen molar-refractivity contribution in [3.63, 3.8) is 0 Å². The smallest absolute Gasteiger partial charge is 0.243 e. The van der Waals surface area contributed by atoms with E-state index in [1.165, 1.54) is 11.1 Å². The van der Waals surface area contributed by atoms with Crippen LogP contribution in [0.2, 0.25) is 0 Å². The Hall–Kier alpha value is -1.79. The first-order chi connectivity index (χ1) is 14.8. The Balaban J connectivity index is 2.12. The number of aryl methyl sites for hydroxylation is 1. The molecule has 0 spiro atoms. The number of carbonyl (C=O) groups excluding carboxylic acids is 2. The molecule has 0 saturated carbocycles. The molecule has 31 heavy (non-hydrogen) atoms. The summed E-state index contributed by atoms with van der Waals surface area (Å²) >= 11 is 5.03. The second kappa shape index (κ2) is 12.9. The minimum Gasteiger partial charge on any atom is -0.352 e. The van der Waals surface area contributed by atoms with Crippen LogP contribution in [0.4, 0.5) is 0 Å². The van der Waals surface area contributed by atoms with Crippen molar-refractivity contribution in [2.75, 3.05) is 5.75 Å². The first-order valence-corrected chi connectivity index (χ1v) is 12.8. The predicted molar refractivity (Wildman–Crippen MR) is 134 cm³/mol. The van der Waals surface area contributed by atoms with Gasteiger partial charge in [0.1, 0.15) is 6.04 Å². The van der Waals surface area contributed by atoms with Crippen molar-refractivity contribution in [3.8, 4) is 0 Å². The van der Waals surface area contributed by atoms with Gasteiger partial charge in [-0.3, -0.25) is 9.59 Å². The molecule has 2 atom stereocenters. The average Bonchev–Trinajstić information content (AvgIpc) is 2.76. The van der Waals surface area contributed by atoms with Crippen LogP contribution < -0.4 is 5.32 Å². The van der Waals surface area contributed by atoms with E-state index in [0.29, 0.717) is 18.7 Å². The highest BCUT2D eigenvalue weighted by molar-refractivity contribution is 9.10. The fourth-order valence-corrected chi connectivity index (χ4v) is 4.31. The lowest BCUT2D eigenvalue weighted by atomic mass is 10.1. The van der Waals surface area contributed by atoms with Crippen LogP contribution >= 0.6 is 27.7 Å². The molecule has 0 aliphatic rings. The monoisotopic (exact) mass is 504 g/mol. The second-order valence-electron chi connectivity index (χ2n) is 7.87. The number of amides is 2. The Kier molecular flexibility index (Phi) is 10.6. The van der Waals surface area contributed by atoms with Gasteiger partial charge in [0.15, 0.2) is 0 Å². The van der Waals surface area contributed by atoms with Gasteiger partial charge in [0.2, 0.25) is 11.8 Å². The Labute approximate surface area is 199 Å². The normalized spacial score (nSPS) is 12.8. The lowest BCUT2D eigenvalue weighted by molar-refractivity contribution is -0.139. The van der Waals surface area contributed by atoms with Crippen LogP contribution in [0.1, 0.15) is 50.3 Å². The topological polar surface area (TPSA) is 49.4 Å². The molecular weight excluding hydrogens is 472 g/mol. The third-order valence-electron chi connectivity index (χ3n) is 5.27. The molecule has 0 fully saturated rings. The number of carbonyl (C=O) groups is 2. The summed E-state index contributed by atoms with van der Waals surface area (Å²) in [7, 11) is 0. The van der Waals surface area contributed by atoms with Crippen LogP contribution in [0, 0.1) is 6.92 Å². The summed E-state index contributed by atoms with van der Waals surface area (Å²) in [4.78, 5) is 27.9. The number of halogens is 1. The van der Waals surface area contributed by atoms with Gasteiger partial charge in [0, 0.05) is 22.8 Å². The highest BCUT2D eigenvalue weighted by atomic mass is 79.9. The number of rotatable bonds is 11. The number of nitrogens with zero attached hydrogens (tertiary/aromatic N) is 1. The third kappa shape index (κ3) is 8.34. The van der Waals surface area contributed by atoms with E-state index >= 15 is 0 Å². The first-order valence-electron chi connectivity index (χ1n) is 10.8. The molecule has 4 nitrogen and oxygen atoms in total. The summed E-state index contributed by atoms with van der Waals surface area (Å²) in [6.45, 7) is 8.47. The summed E-state index contributed by atoms with van der Waals surface area (Å²) in [6, 6.07) is 15.9. The maximum Gasteiger partial charge on any atom is 0.243 e. The largest absolute Gasteiger partial charge is 0.352 e. The molecule has 2 aromatic rings. The molecule has 2 amide bonds. The van der Waals surface area contributed by atoms with Crippen LogP contribution in [0.5, 0.6) is 0 Å². The van der Waals surface area contributed by atoms with Gasteiger partial charge >= 0.3 is 0 Å². The van der Waals surface area contributed by atoms with Crippen molar-refractivity contribution in [1.82, 2.24) is 10.2 Å². The van der Waals surface area contributed by atoms with Crippen LogP contribution in [-0.4, -0.2) is 34.6 Å². The number of hydrogen-bond acceptors (Lipinski definition) is 3. The minimum atomic E-state index is -0.476. The van der Waals surface area contributed by atoms with Gasteiger partial charge in [-0.25, -0.2) is 0 Å². The van der Waals surface area contributed by atoms with E-state index in [1.54, 1.807) is 16.7 Å². The van der Waals surface area contributed by atoms with E-state index < -0.39 is 6.04 Å². The Morgan fingerprint density at radius 2 is 1.61 bits per heavy atom. The van der Waals surface area contributed by atoms with Gasteiger partial charge in [-0.1, -0.05) is 71.7 Å². The number of nitrogens with one attached hydrogen (secondary N) is 1. The number of hydrogen-bond donors (Lipinski definition) is 1. The Bertz CT molecular complexity index is 840. The van der Waals surface area contributed by atoms with E-state index in [2.05, 4.69) is 33.4 Å². The average molecular weight is 506 g/mol. The van der Waals surface area contributed by atoms with E-state index in [4.69, 9.17) is 0 Å². The zero-order chi connectivity index (χ0) is 22.8. The molecule has 0 radical (unpaired) electrons. The Morgan fingerprint density at radius 1 is 1.00 bits per heavy atom. The van der Waals surface area contributed by atoms with E-state index in [0.717, 1.165) is 22.2 Å². The molecule has 2 rings (SSSR count). The van der Waals surface area contributed by atoms with Gasteiger partial charge in [-0.05, 0) is 49.9 Å². The molecule has 2 aromatic carbocycles. The summed E-state index contributed by atoms with van der Waals surface area (Å²) in [5.41, 5.74) is 3.38. The van der Waals surface area contributed by atoms with E-state index in [9.17, 15) is 9.59 Å². The van der Waals surface area contributed by atoms with Gasteiger partial charge in [0.05, 0.1) is 5.75 Å². The molecule has 0 bridgehead atoms. The molecule has 0 heterocycles. The van der Waals surface area contributed by atoms with Crippen LogP contribution in [0.3, 0.4) is 0 Å². The standard InChI is InChI=1S/C25H33BrN2O2S/c1-5-19(4)27-25(30)23(6-2)28(15-20-9-7-18(3)8-10-20)24(29)17-31-16-21-11-13-22(26)14-12-21/h7-14,19,23H,5-6,15-17H2,1-4H3,(H,27,30)/t19-,23+/m0/s1. The van der Waals surface area contributed by atoms with E-state index in [-0.39, 0.29) is 17.9 Å². The van der Waals surface area contributed by atoms with Gasteiger partial charge in [-0.15, -0.1) is 11.8 Å². The fourth-order valence-electron chi connectivity index (χ4n) is 3.17. The highest BCUT2D eigenvalue weighted by Gasteiger charge is 2.29. The predicted octanol–water partition coefficient (Wildman–Crippen LogP) is 5.71. The highest BCUT2D eigenvalue weighted by Crippen LogP contribution is 2.19. The van der Waals surface area contributed by atoms with Crippen molar-refractivity contribution in [3.05, 3.63) is 69.7 Å². The first kappa shape index (κ1) is 25.5. The van der Waals surface area contributed by atoms with Gasteiger partial charge in [-0.2, -0.15) is 0 Å². The minimum absolute atomic E-state index is 0.00571. The fraction of sp³-hybridized carbons (Fsp3) is 0.440. The van der Waals surface area contributed by atoms with Crippen LogP contribution in [-0.2, 0) is 21.9 Å². The maximum absolute atomic E-state index is 13.2. The quantitative estimate of drug-likeness (QED) is 0.426. The van der Waals surface area contributed by atoms with Crippen molar-refractivity contribution in [2.24, 2.45) is 0 Å². The molecule has 0 aliphatic carbocycles. The summed E-state index contributed by atoms with van der Waals surface area (Å²) in [5.74, 6) is 1.02. The molecule has 0 aliphatic heterocycles. The van der Waals surface area contributed by atoms with Crippen molar-refractivity contribution < 1.29 is 9.59 Å². The second-order valence-corrected chi connectivity index (χ2v) is 9.77. The van der Waals surface area contributed by atoms with Crippen LogP contribution in [0.25, 0.3) is 0 Å². The van der Waals surface area contributed by atoms with Gasteiger partial charge < -0.3 is 10.2 Å². The van der Waals surface area contributed by atoms with Gasteiger partial charge in [0.25, 0.3) is 0 Å². The molecule has 0 aromatic heterocycles. The van der Waals surface area contributed by atoms with E-state index in [1.807, 2.05) is 64.1 Å². The molecule has 1 N–H and O–H groups in total. The molecule has 0 saturated heterocycles.